The molecule has 0 bridgehead atoms. The summed E-state index contributed by atoms with van der Waals surface area (Å²) in [5.74, 6) is 0.449. The molecule has 1 amide bonds. The van der Waals surface area contributed by atoms with Crippen LogP contribution in [0.25, 0.3) is 0 Å². The Hall–Kier alpha value is -0.770. The molecule has 0 aliphatic heterocycles. The summed E-state index contributed by atoms with van der Waals surface area (Å²) in [7, 11) is 0. The lowest BCUT2D eigenvalue weighted by Gasteiger charge is -2.27. The predicted molar refractivity (Wildman–Crippen MR) is 83.4 cm³/mol. The Kier molecular flexibility index (Phi) is 5.65. The number of nitrogens with one attached hydrogen (secondary N) is 1. The first-order valence-corrected chi connectivity index (χ1v) is 7.69. The molecule has 1 unspecified atom stereocenters. The molecule has 0 spiro atoms. The summed E-state index contributed by atoms with van der Waals surface area (Å²) in [4.78, 5) is 12.2. The van der Waals surface area contributed by atoms with Gasteiger partial charge in [0, 0.05) is 23.8 Å². The summed E-state index contributed by atoms with van der Waals surface area (Å²) in [5, 5.41) is 3.04. The fraction of sp³-hybridized carbons (Fsp3) is 0.667. The van der Waals surface area contributed by atoms with E-state index in [1.165, 1.54) is 0 Å². The molecule has 1 aromatic rings. The second-order valence-electron chi connectivity index (χ2n) is 6.21. The van der Waals surface area contributed by atoms with Gasteiger partial charge in [0.15, 0.2) is 0 Å². The number of rotatable bonds is 5. The van der Waals surface area contributed by atoms with E-state index < -0.39 is 0 Å². The molecule has 0 aliphatic carbocycles. The van der Waals surface area contributed by atoms with Gasteiger partial charge in [-0.15, -0.1) is 0 Å². The molecule has 0 aliphatic rings. The Morgan fingerprint density at radius 1 is 1.47 bits per heavy atom. The minimum Gasteiger partial charge on any atom is -0.350 e. The van der Waals surface area contributed by atoms with Crippen molar-refractivity contribution in [1.82, 2.24) is 9.88 Å². The topological polar surface area (TPSA) is 34.0 Å². The van der Waals surface area contributed by atoms with Crippen molar-refractivity contribution in [3.8, 4) is 0 Å². The highest BCUT2D eigenvalue weighted by atomic mass is 79.9. The predicted octanol–water partition coefficient (Wildman–Crippen LogP) is 4.07. The van der Waals surface area contributed by atoms with Gasteiger partial charge in [-0.05, 0) is 39.8 Å². The van der Waals surface area contributed by atoms with E-state index in [1.54, 1.807) is 0 Å². The van der Waals surface area contributed by atoms with Crippen molar-refractivity contribution in [1.29, 1.82) is 0 Å². The number of aryl methyl sites for hydroxylation is 1. The Morgan fingerprint density at radius 3 is 2.63 bits per heavy atom. The summed E-state index contributed by atoms with van der Waals surface area (Å²) < 4.78 is 2.95. The number of aromatic nitrogens is 1. The summed E-state index contributed by atoms with van der Waals surface area (Å²) >= 11 is 3.43. The highest BCUT2D eigenvalue weighted by Crippen LogP contribution is 2.24. The first-order chi connectivity index (χ1) is 8.75. The molecule has 4 heteroatoms. The standard InChI is InChI=1S/C15H25BrN2O/c1-6-7-18-10-12(16)8-13(18)14(19)17-9-11(2)15(3,4)5/h8,10-11H,6-7,9H2,1-5H3,(H,17,19). The Bertz CT molecular complexity index is 432. The Morgan fingerprint density at radius 2 is 2.11 bits per heavy atom. The molecule has 0 radical (unpaired) electrons. The number of hydrogen-bond donors (Lipinski definition) is 1. The summed E-state index contributed by atoms with van der Waals surface area (Å²) in [5.41, 5.74) is 0.939. The number of amides is 1. The third-order valence-electron chi connectivity index (χ3n) is 3.61. The third-order valence-corrected chi connectivity index (χ3v) is 4.04. The van der Waals surface area contributed by atoms with Crippen LogP contribution in [0.3, 0.4) is 0 Å². The van der Waals surface area contributed by atoms with Crippen molar-refractivity contribution >= 4 is 21.8 Å². The lowest BCUT2D eigenvalue weighted by atomic mass is 9.82. The van der Waals surface area contributed by atoms with Crippen LogP contribution in [0.15, 0.2) is 16.7 Å². The second kappa shape index (κ2) is 6.60. The van der Waals surface area contributed by atoms with Gasteiger partial charge in [-0.3, -0.25) is 4.79 Å². The van der Waals surface area contributed by atoms with Gasteiger partial charge in [-0.2, -0.15) is 0 Å². The van der Waals surface area contributed by atoms with Crippen LogP contribution < -0.4 is 5.32 Å². The maximum Gasteiger partial charge on any atom is 0.267 e. The molecule has 1 heterocycles. The molecule has 1 N–H and O–H groups in total. The van der Waals surface area contributed by atoms with Crippen LogP contribution >= 0.6 is 15.9 Å². The van der Waals surface area contributed by atoms with Crippen molar-refractivity contribution in [3.63, 3.8) is 0 Å². The van der Waals surface area contributed by atoms with E-state index in [-0.39, 0.29) is 11.3 Å². The smallest absolute Gasteiger partial charge is 0.267 e. The van der Waals surface area contributed by atoms with Gasteiger partial charge >= 0.3 is 0 Å². The fourth-order valence-electron chi connectivity index (χ4n) is 1.73. The molecule has 0 fully saturated rings. The summed E-state index contributed by atoms with van der Waals surface area (Å²) in [6, 6.07) is 1.88. The number of carbonyl (C=O) groups excluding carboxylic acids is 1. The zero-order valence-corrected chi connectivity index (χ0v) is 14.2. The van der Waals surface area contributed by atoms with Crippen LogP contribution in [0.5, 0.6) is 0 Å². The van der Waals surface area contributed by atoms with Crippen LogP contribution in [0.2, 0.25) is 0 Å². The van der Waals surface area contributed by atoms with Crippen LogP contribution in [-0.2, 0) is 6.54 Å². The summed E-state index contributed by atoms with van der Waals surface area (Å²) in [6.45, 7) is 12.4. The Balaban J connectivity index is 2.68. The third kappa shape index (κ3) is 4.68. The molecular formula is C15H25BrN2O. The van der Waals surface area contributed by atoms with Crippen molar-refractivity contribution in [2.24, 2.45) is 11.3 Å². The lowest BCUT2D eigenvalue weighted by molar-refractivity contribution is 0.0927. The highest BCUT2D eigenvalue weighted by molar-refractivity contribution is 9.10. The van der Waals surface area contributed by atoms with E-state index in [0.29, 0.717) is 12.5 Å². The lowest BCUT2D eigenvalue weighted by Crippen LogP contribution is -2.34. The Labute approximate surface area is 124 Å². The molecule has 19 heavy (non-hydrogen) atoms. The van der Waals surface area contributed by atoms with Crippen LogP contribution in [-0.4, -0.2) is 17.0 Å². The number of hydrogen-bond acceptors (Lipinski definition) is 1. The number of nitrogens with zero attached hydrogens (tertiary/aromatic N) is 1. The normalized spacial score (nSPS) is 13.4. The molecule has 0 saturated heterocycles. The van der Waals surface area contributed by atoms with E-state index in [4.69, 9.17) is 0 Å². The first-order valence-electron chi connectivity index (χ1n) is 6.89. The van der Waals surface area contributed by atoms with Crippen molar-refractivity contribution in [2.75, 3.05) is 6.54 Å². The minimum absolute atomic E-state index is 0.00949. The molecule has 0 aromatic carbocycles. The molecule has 1 rings (SSSR count). The van der Waals surface area contributed by atoms with E-state index in [2.05, 4.69) is 55.9 Å². The zero-order valence-electron chi connectivity index (χ0n) is 12.6. The average Bonchev–Trinajstić information content (AvgIpc) is 2.66. The van der Waals surface area contributed by atoms with Gasteiger partial charge in [0.2, 0.25) is 0 Å². The average molecular weight is 329 g/mol. The maximum atomic E-state index is 12.2. The van der Waals surface area contributed by atoms with Crippen LogP contribution in [0.1, 0.15) is 51.5 Å². The zero-order chi connectivity index (χ0) is 14.6. The van der Waals surface area contributed by atoms with Crippen LogP contribution in [0.4, 0.5) is 0 Å². The van der Waals surface area contributed by atoms with E-state index in [9.17, 15) is 4.79 Å². The summed E-state index contributed by atoms with van der Waals surface area (Å²) in [6.07, 6.45) is 2.98. The fourth-order valence-corrected chi connectivity index (χ4v) is 2.20. The second-order valence-corrected chi connectivity index (χ2v) is 7.13. The first kappa shape index (κ1) is 16.3. The van der Waals surface area contributed by atoms with Gasteiger partial charge in [0.05, 0.1) is 0 Å². The largest absolute Gasteiger partial charge is 0.350 e. The van der Waals surface area contributed by atoms with Gasteiger partial charge in [0.25, 0.3) is 5.91 Å². The number of halogens is 1. The van der Waals surface area contributed by atoms with E-state index in [1.807, 2.05) is 16.8 Å². The highest BCUT2D eigenvalue weighted by Gasteiger charge is 2.21. The molecule has 0 saturated carbocycles. The molecular weight excluding hydrogens is 304 g/mol. The molecule has 3 nitrogen and oxygen atoms in total. The van der Waals surface area contributed by atoms with Gasteiger partial charge in [-0.1, -0.05) is 34.6 Å². The maximum absolute atomic E-state index is 12.2. The van der Waals surface area contributed by atoms with Crippen molar-refractivity contribution in [2.45, 2.75) is 47.6 Å². The van der Waals surface area contributed by atoms with Gasteiger partial charge < -0.3 is 9.88 Å². The number of carbonyl (C=O) groups is 1. The minimum atomic E-state index is 0.00949. The molecule has 108 valence electrons. The molecule has 1 atom stereocenters. The SMILES string of the molecule is CCCn1cc(Br)cc1C(=O)NCC(C)C(C)(C)C. The quantitative estimate of drug-likeness (QED) is 0.868. The van der Waals surface area contributed by atoms with Crippen molar-refractivity contribution in [3.05, 3.63) is 22.4 Å². The molecule has 1 aromatic heterocycles. The van der Waals surface area contributed by atoms with Crippen LogP contribution in [0, 0.1) is 11.3 Å². The van der Waals surface area contributed by atoms with E-state index >= 15 is 0 Å². The van der Waals surface area contributed by atoms with Gasteiger partial charge in [0.1, 0.15) is 5.69 Å². The van der Waals surface area contributed by atoms with Gasteiger partial charge in [-0.25, -0.2) is 0 Å². The van der Waals surface area contributed by atoms with E-state index in [0.717, 1.165) is 23.1 Å². The monoisotopic (exact) mass is 328 g/mol. The van der Waals surface area contributed by atoms with Crippen molar-refractivity contribution < 1.29 is 4.79 Å².